The van der Waals surface area contributed by atoms with Crippen LogP contribution in [-0.4, -0.2) is 45.3 Å². The molecule has 1 heterocycles. The third-order valence-electron chi connectivity index (χ3n) is 3.89. The van der Waals surface area contributed by atoms with Gasteiger partial charge in [-0.1, -0.05) is 13.8 Å². The molecule has 0 aromatic heterocycles. The first-order valence-corrected chi connectivity index (χ1v) is 5.26. The Morgan fingerprint density at radius 2 is 1.60 bits per heavy atom. The minimum absolute atomic E-state index is 0.257. The normalized spacial score (nSPS) is 44.0. The topological polar surface area (TPSA) is 69.9 Å². The predicted octanol–water partition coefficient (Wildman–Crippen LogP) is 0.294. The van der Waals surface area contributed by atoms with Crippen LogP contribution in [0.5, 0.6) is 0 Å². The highest BCUT2D eigenvalue weighted by atomic mass is 16.5. The fourth-order valence-corrected chi connectivity index (χ4v) is 2.32. The molecule has 4 heteroatoms. The van der Waals surface area contributed by atoms with Crippen molar-refractivity contribution >= 4 is 0 Å². The molecule has 0 amide bonds. The number of rotatable bonds is 1. The molecular weight excluding hydrogens is 196 g/mol. The summed E-state index contributed by atoms with van der Waals surface area (Å²) in [7, 11) is 0. The number of hydrogen-bond donors (Lipinski definition) is 3. The minimum Gasteiger partial charge on any atom is -0.394 e. The van der Waals surface area contributed by atoms with Gasteiger partial charge in [0.25, 0.3) is 0 Å². The molecule has 0 bridgehead atoms. The average molecular weight is 218 g/mol. The second-order valence-corrected chi connectivity index (χ2v) is 5.66. The van der Waals surface area contributed by atoms with Crippen LogP contribution in [0.1, 0.15) is 34.6 Å². The number of hydrogen-bond acceptors (Lipinski definition) is 4. The summed E-state index contributed by atoms with van der Waals surface area (Å²) < 4.78 is 5.54. The molecule has 1 aliphatic rings. The molecule has 1 aliphatic heterocycles. The van der Waals surface area contributed by atoms with Crippen LogP contribution in [0.4, 0.5) is 0 Å². The van der Waals surface area contributed by atoms with Gasteiger partial charge in [0.1, 0.15) is 6.10 Å². The van der Waals surface area contributed by atoms with E-state index in [1.807, 2.05) is 0 Å². The summed E-state index contributed by atoms with van der Waals surface area (Å²) in [5.74, 6) is 0. The maximum absolute atomic E-state index is 10.3. The summed E-state index contributed by atoms with van der Waals surface area (Å²) in [5.41, 5.74) is -2.75. The van der Waals surface area contributed by atoms with E-state index in [1.165, 1.54) is 0 Å². The second-order valence-electron chi connectivity index (χ2n) is 5.66. The van der Waals surface area contributed by atoms with E-state index in [-0.39, 0.29) is 6.61 Å². The SMILES string of the molecule is CC1(C)OC(CO)[C@](C)(O)C(C)(C)C1O. The molecule has 90 valence electrons. The number of aliphatic hydroxyl groups is 3. The lowest BCUT2D eigenvalue weighted by molar-refractivity contribution is -0.308. The molecule has 2 unspecified atom stereocenters. The molecule has 3 atom stereocenters. The fraction of sp³-hybridized carbons (Fsp3) is 1.00. The van der Waals surface area contributed by atoms with E-state index in [2.05, 4.69) is 0 Å². The van der Waals surface area contributed by atoms with Gasteiger partial charge in [0.15, 0.2) is 0 Å². The first-order chi connectivity index (χ1) is 6.57. The summed E-state index contributed by atoms with van der Waals surface area (Å²) in [6.07, 6.45) is -1.46. The molecule has 0 radical (unpaired) electrons. The summed E-state index contributed by atoms with van der Waals surface area (Å²) >= 11 is 0. The van der Waals surface area contributed by atoms with Crippen molar-refractivity contribution in [2.75, 3.05) is 6.61 Å². The van der Waals surface area contributed by atoms with Gasteiger partial charge in [0.2, 0.25) is 0 Å². The van der Waals surface area contributed by atoms with E-state index < -0.39 is 28.8 Å². The van der Waals surface area contributed by atoms with E-state index in [1.54, 1.807) is 34.6 Å². The van der Waals surface area contributed by atoms with Gasteiger partial charge in [-0.05, 0) is 20.8 Å². The van der Waals surface area contributed by atoms with Gasteiger partial charge in [0, 0.05) is 5.41 Å². The molecule has 0 aromatic carbocycles. The Morgan fingerprint density at radius 1 is 1.13 bits per heavy atom. The van der Waals surface area contributed by atoms with Gasteiger partial charge >= 0.3 is 0 Å². The van der Waals surface area contributed by atoms with Gasteiger partial charge < -0.3 is 20.1 Å². The number of ether oxygens (including phenoxy) is 1. The van der Waals surface area contributed by atoms with Crippen LogP contribution in [0.15, 0.2) is 0 Å². The van der Waals surface area contributed by atoms with E-state index in [0.717, 1.165) is 0 Å². The van der Waals surface area contributed by atoms with Crippen LogP contribution >= 0.6 is 0 Å². The quantitative estimate of drug-likeness (QED) is 0.592. The molecule has 15 heavy (non-hydrogen) atoms. The van der Waals surface area contributed by atoms with Gasteiger partial charge in [-0.15, -0.1) is 0 Å². The molecule has 0 aliphatic carbocycles. The van der Waals surface area contributed by atoms with Crippen molar-refractivity contribution in [1.82, 2.24) is 0 Å². The summed E-state index contributed by atoms with van der Waals surface area (Å²) in [6.45, 7) is 8.42. The third kappa shape index (κ3) is 1.69. The van der Waals surface area contributed by atoms with Crippen molar-refractivity contribution in [3.05, 3.63) is 0 Å². The lowest BCUT2D eigenvalue weighted by Gasteiger charge is -2.57. The van der Waals surface area contributed by atoms with Crippen molar-refractivity contribution in [2.45, 2.75) is 58.0 Å². The van der Waals surface area contributed by atoms with Gasteiger partial charge in [-0.2, -0.15) is 0 Å². The van der Waals surface area contributed by atoms with E-state index in [4.69, 9.17) is 4.74 Å². The molecule has 3 N–H and O–H groups in total. The smallest absolute Gasteiger partial charge is 0.110 e. The van der Waals surface area contributed by atoms with Crippen molar-refractivity contribution < 1.29 is 20.1 Å². The Morgan fingerprint density at radius 3 is 2.00 bits per heavy atom. The Balaban J connectivity index is 3.13. The summed E-state index contributed by atoms with van der Waals surface area (Å²) in [6, 6.07) is 0. The van der Waals surface area contributed by atoms with E-state index in [0.29, 0.717) is 0 Å². The Kier molecular flexibility index (Phi) is 2.94. The van der Waals surface area contributed by atoms with Crippen LogP contribution < -0.4 is 0 Å². The molecular formula is C11H22O4. The van der Waals surface area contributed by atoms with Gasteiger partial charge in [0.05, 0.1) is 23.9 Å². The van der Waals surface area contributed by atoms with Crippen LogP contribution in [0.2, 0.25) is 0 Å². The summed E-state index contributed by atoms with van der Waals surface area (Å²) in [4.78, 5) is 0. The molecule has 1 saturated heterocycles. The molecule has 0 saturated carbocycles. The predicted molar refractivity (Wildman–Crippen MR) is 56.4 cm³/mol. The first-order valence-electron chi connectivity index (χ1n) is 5.26. The zero-order valence-corrected chi connectivity index (χ0v) is 10.1. The zero-order valence-electron chi connectivity index (χ0n) is 10.1. The lowest BCUT2D eigenvalue weighted by Crippen LogP contribution is -2.69. The summed E-state index contributed by atoms with van der Waals surface area (Å²) in [5, 5.41) is 29.7. The number of aliphatic hydroxyl groups excluding tert-OH is 2. The van der Waals surface area contributed by atoms with Crippen molar-refractivity contribution in [3.8, 4) is 0 Å². The van der Waals surface area contributed by atoms with Crippen LogP contribution in [-0.2, 0) is 4.74 Å². The maximum atomic E-state index is 10.3. The van der Waals surface area contributed by atoms with Crippen LogP contribution in [0.3, 0.4) is 0 Å². The van der Waals surface area contributed by atoms with Crippen molar-refractivity contribution in [1.29, 1.82) is 0 Å². The van der Waals surface area contributed by atoms with Gasteiger partial charge in [-0.25, -0.2) is 0 Å². The molecule has 4 nitrogen and oxygen atoms in total. The first kappa shape index (κ1) is 12.9. The highest BCUT2D eigenvalue weighted by molar-refractivity contribution is 5.08. The zero-order chi connectivity index (χ0) is 12.1. The standard InChI is InChI=1S/C11H22O4/c1-9(2)8(13)10(3,4)15-7(6-12)11(9,5)14/h7-8,12-14H,6H2,1-5H3/t7?,8?,11-/m0/s1. The van der Waals surface area contributed by atoms with Crippen LogP contribution in [0, 0.1) is 5.41 Å². The van der Waals surface area contributed by atoms with Crippen molar-refractivity contribution in [3.63, 3.8) is 0 Å². The monoisotopic (exact) mass is 218 g/mol. The van der Waals surface area contributed by atoms with Crippen LogP contribution in [0.25, 0.3) is 0 Å². The fourth-order valence-electron chi connectivity index (χ4n) is 2.32. The molecule has 0 aromatic rings. The highest BCUT2D eigenvalue weighted by Crippen LogP contribution is 2.47. The minimum atomic E-state index is -1.25. The van der Waals surface area contributed by atoms with Crippen molar-refractivity contribution in [2.24, 2.45) is 5.41 Å². The lowest BCUT2D eigenvalue weighted by atomic mass is 9.63. The molecule has 0 spiro atoms. The van der Waals surface area contributed by atoms with E-state index >= 15 is 0 Å². The maximum Gasteiger partial charge on any atom is 0.110 e. The Bertz CT molecular complexity index is 245. The largest absolute Gasteiger partial charge is 0.394 e. The highest BCUT2D eigenvalue weighted by Gasteiger charge is 2.59. The second kappa shape index (κ2) is 3.42. The molecule has 1 fully saturated rings. The Hall–Kier alpha value is -0.160. The van der Waals surface area contributed by atoms with E-state index in [9.17, 15) is 15.3 Å². The third-order valence-corrected chi connectivity index (χ3v) is 3.89. The van der Waals surface area contributed by atoms with Gasteiger partial charge in [-0.3, -0.25) is 0 Å². The Labute approximate surface area is 90.9 Å². The average Bonchev–Trinajstić information content (AvgIpc) is 2.10. The molecule has 1 rings (SSSR count).